The number of aromatic nitrogens is 2. The van der Waals surface area contributed by atoms with Crippen LogP contribution < -0.4 is 4.73 Å². The monoisotopic (exact) mass is 186 g/mol. The molecule has 2 heterocycles. The van der Waals surface area contributed by atoms with Crippen LogP contribution in [0.1, 0.15) is 5.69 Å². The third-order valence-electron chi connectivity index (χ3n) is 2.02. The van der Waals surface area contributed by atoms with Crippen LogP contribution in [0.3, 0.4) is 0 Å². The van der Waals surface area contributed by atoms with E-state index in [-0.39, 0.29) is 0 Å². The van der Waals surface area contributed by atoms with Crippen molar-refractivity contribution in [2.75, 3.05) is 0 Å². The summed E-state index contributed by atoms with van der Waals surface area (Å²) in [6.45, 7) is 1.93. The summed E-state index contributed by atoms with van der Waals surface area (Å²) < 4.78 is 0.787. The minimum atomic E-state index is 0.787. The van der Waals surface area contributed by atoms with Gasteiger partial charge in [-0.15, -0.1) is 0 Å². The molecule has 0 aromatic carbocycles. The van der Waals surface area contributed by atoms with Gasteiger partial charge < -0.3 is 5.21 Å². The van der Waals surface area contributed by atoms with Gasteiger partial charge >= 0.3 is 0 Å². The Labute approximate surface area is 82.3 Å². The van der Waals surface area contributed by atoms with Crippen LogP contribution in [0.2, 0.25) is 0 Å². The van der Waals surface area contributed by atoms with E-state index < -0.39 is 0 Å². The SMILES string of the molecule is Cc1ccc(-c2ccc[n+]([O-])c2)cn1. The van der Waals surface area contributed by atoms with Gasteiger partial charge in [0.2, 0.25) is 0 Å². The smallest absolute Gasteiger partial charge is 0.188 e. The van der Waals surface area contributed by atoms with Crippen LogP contribution in [0, 0.1) is 12.1 Å². The summed E-state index contributed by atoms with van der Waals surface area (Å²) in [4.78, 5) is 4.17. The second kappa shape index (κ2) is 3.46. The first-order valence-corrected chi connectivity index (χ1v) is 4.37. The lowest BCUT2D eigenvalue weighted by atomic mass is 10.1. The molecule has 0 spiro atoms. The van der Waals surface area contributed by atoms with Crippen LogP contribution in [0.25, 0.3) is 11.1 Å². The molecule has 14 heavy (non-hydrogen) atoms. The van der Waals surface area contributed by atoms with Gasteiger partial charge in [0.1, 0.15) is 0 Å². The standard InChI is InChI=1S/C11H10N2O/c1-9-4-5-10(7-12-9)11-3-2-6-13(14)8-11/h2-8H,1H3. The number of rotatable bonds is 1. The Balaban J connectivity index is 2.44. The van der Waals surface area contributed by atoms with Crippen LogP contribution >= 0.6 is 0 Å². The first-order chi connectivity index (χ1) is 6.75. The third-order valence-corrected chi connectivity index (χ3v) is 2.02. The summed E-state index contributed by atoms with van der Waals surface area (Å²) in [6, 6.07) is 7.50. The molecular formula is C11H10N2O. The average Bonchev–Trinajstić information content (AvgIpc) is 2.19. The molecule has 2 aromatic rings. The van der Waals surface area contributed by atoms with E-state index in [2.05, 4.69) is 4.98 Å². The zero-order chi connectivity index (χ0) is 9.97. The molecule has 0 aliphatic rings. The molecule has 0 atom stereocenters. The molecule has 3 heteroatoms. The summed E-state index contributed by atoms with van der Waals surface area (Å²) in [7, 11) is 0. The lowest BCUT2D eigenvalue weighted by molar-refractivity contribution is -0.604. The van der Waals surface area contributed by atoms with Crippen LogP contribution in [0.4, 0.5) is 0 Å². The van der Waals surface area contributed by atoms with Crippen molar-refractivity contribution in [2.24, 2.45) is 0 Å². The number of aryl methyl sites for hydroxylation is 1. The molecule has 0 aliphatic heterocycles. The van der Waals surface area contributed by atoms with Gasteiger partial charge in [0, 0.05) is 29.1 Å². The van der Waals surface area contributed by atoms with Gasteiger partial charge in [0.15, 0.2) is 12.4 Å². The summed E-state index contributed by atoms with van der Waals surface area (Å²) in [5.41, 5.74) is 2.82. The van der Waals surface area contributed by atoms with E-state index in [1.54, 1.807) is 12.3 Å². The summed E-state index contributed by atoms with van der Waals surface area (Å²) >= 11 is 0. The van der Waals surface area contributed by atoms with Gasteiger partial charge in [-0.05, 0) is 19.1 Å². The predicted molar refractivity (Wildman–Crippen MR) is 53.4 cm³/mol. The van der Waals surface area contributed by atoms with Crippen LogP contribution in [0.5, 0.6) is 0 Å². The van der Waals surface area contributed by atoms with E-state index >= 15 is 0 Å². The highest BCUT2D eigenvalue weighted by Crippen LogP contribution is 2.15. The molecule has 0 saturated carbocycles. The molecule has 0 unspecified atom stereocenters. The third kappa shape index (κ3) is 1.71. The van der Waals surface area contributed by atoms with Crippen molar-refractivity contribution < 1.29 is 4.73 Å². The Morgan fingerprint density at radius 2 is 2.07 bits per heavy atom. The molecule has 0 amide bonds. The topological polar surface area (TPSA) is 39.8 Å². The minimum absolute atomic E-state index is 0.787. The van der Waals surface area contributed by atoms with Gasteiger partial charge in [-0.2, -0.15) is 4.73 Å². The van der Waals surface area contributed by atoms with Crippen molar-refractivity contribution in [1.29, 1.82) is 0 Å². The molecule has 0 bridgehead atoms. The molecule has 0 fully saturated rings. The summed E-state index contributed by atoms with van der Waals surface area (Å²) in [6.07, 6.45) is 4.77. The predicted octanol–water partition coefficient (Wildman–Crippen LogP) is 1.69. The molecule has 0 saturated heterocycles. The van der Waals surface area contributed by atoms with E-state index in [1.165, 1.54) is 12.4 Å². The Hall–Kier alpha value is -1.90. The van der Waals surface area contributed by atoms with Gasteiger partial charge in [0.25, 0.3) is 0 Å². The molecular weight excluding hydrogens is 176 g/mol. The quantitative estimate of drug-likeness (QED) is 0.502. The maximum atomic E-state index is 11.0. The number of hydrogen-bond donors (Lipinski definition) is 0. The molecule has 2 aromatic heterocycles. The Kier molecular flexibility index (Phi) is 2.14. The lowest BCUT2D eigenvalue weighted by Crippen LogP contribution is -2.23. The van der Waals surface area contributed by atoms with E-state index in [0.717, 1.165) is 21.6 Å². The van der Waals surface area contributed by atoms with Crippen molar-refractivity contribution in [3.63, 3.8) is 0 Å². The fraction of sp³-hybridized carbons (Fsp3) is 0.0909. The van der Waals surface area contributed by atoms with Gasteiger partial charge in [-0.3, -0.25) is 4.98 Å². The summed E-state index contributed by atoms with van der Waals surface area (Å²) in [5, 5.41) is 11.0. The normalized spacial score (nSPS) is 10.1. The average molecular weight is 186 g/mol. The van der Waals surface area contributed by atoms with Gasteiger partial charge in [-0.25, -0.2) is 0 Å². The first-order valence-electron chi connectivity index (χ1n) is 4.37. The maximum absolute atomic E-state index is 11.0. The number of pyridine rings is 2. The number of hydrogen-bond acceptors (Lipinski definition) is 2. The largest absolute Gasteiger partial charge is 0.619 e. The highest BCUT2D eigenvalue weighted by atomic mass is 16.5. The van der Waals surface area contributed by atoms with Crippen molar-refractivity contribution in [3.05, 3.63) is 53.8 Å². The minimum Gasteiger partial charge on any atom is -0.619 e. The Bertz CT molecular complexity index is 437. The molecule has 3 nitrogen and oxygen atoms in total. The van der Waals surface area contributed by atoms with Crippen molar-refractivity contribution in [3.8, 4) is 11.1 Å². The van der Waals surface area contributed by atoms with Crippen LogP contribution in [0.15, 0.2) is 42.9 Å². The molecule has 70 valence electrons. The van der Waals surface area contributed by atoms with Crippen LogP contribution in [-0.4, -0.2) is 4.98 Å². The van der Waals surface area contributed by atoms with E-state index in [4.69, 9.17) is 0 Å². The fourth-order valence-corrected chi connectivity index (χ4v) is 1.26. The zero-order valence-corrected chi connectivity index (χ0v) is 7.84. The van der Waals surface area contributed by atoms with Crippen molar-refractivity contribution in [2.45, 2.75) is 6.92 Å². The molecule has 2 rings (SSSR count). The van der Waals surface area contributed by atoms with E-state index in [9.17, 15) is 5.21 Å². The van der Waals surface area contributed by atoms with Crippen LogP contribution in [-0.2, 0) is 0 Å². The Morgan fingerprint density at radius 3 is 2.71 bits per heavy atom. The van der Waals surface area contributed by atoms with Crippen molar-refractivity contribution in [1.82, 2.24) is 4.98 Å². The second-order valence-corrected chi connectivity index (χ2v) is 3.14. The molecule has 0 radical (unpaired) electrons. The Morgan fingerprint density at radius 1 is 1.21 bits per heavy atom. The molecule has 0 aliphatic carbocycles. The highest BCUT2D eigenvalue weighted by Gasteiger charge is 2.00. The zero-order valence-electron chi connectivity index (χ0n) is 7.84. The van der Waals surface area contributed by atoms with E-state index in [1.807, 2.05) is 25.1 Å². The van der Waals surface area contributed by atoms with Gasteiger partial charge in [0.05, 0.1) is 0 Å². The number of nitrogens with zero attached hydrogens (tertiary/aromatic N) is 2. The fourth-order valence-electron chi connectivity index (χ4n) is 1.26. The maximum Gasteiger partial charge on any atom is 0.188 e. The highest BCUT2D eigenvalue weighted by molar-refractivity contribution is 5.60. The summed E-state index contributed by atoms with van der Waals surface area (Å²) in [5.74, 6) is 0. The van der Waals surface area contributed by atoms with Crippen molar-refractivity contribution >= 4 is 0 Å². The van der Waals surface area contributed by atoms with Gasteiger partial charge in [-0.1, -0.05) is 6.07 Å². The van der Waals surface area contributed by atoms with E-state index in [0.29, 0.717) is 0 Å². The lowest BCUT2D eigenvalue weighted by Gasteiger charge is -2.01. The molecule has 0 N–H and O–H groups in total. The first kappa shape index (κ1) is 8.69. The second-order valence-electron chi connectivity index (χ2n) is 3.14.